The predicted molar refractivity (Wildman–Crippen MR) is 86.7 cm³/mol. The number of hydrogen-bond acceptors (Lipinski definition) is 2. The van der Waals surface area contributed by atoms with Crippen molar-refractivity contribution in [1.82, 2.24) is 0 Å². The lowest BCUT2D eigenvalue weighted by Gasteiger charge is -2.33. The molecule has 1 atom stereocenters. The molecule has 0 aliphatic carbocycles. The van der Waals surface area contributed by atoms with Gasteiger partial charge in [0.15, 0.2) is 0 Å². The minimum Gasteiger partial charge on any atom is -0.377 e. The van der Waals surface area contributed by atoms with Crippen molar-refractivity contribution >= 4 is 17.3 Å². The molecule has 0 bridgehead atoms. The minimum absolute atomic E-state index is 0.0328. The summed E-state index contributed by atoms with van der Waals surface area (Å²) in [7, 11) is 1.84. The lowest BCUT2D eigenvalue weighted by atomic mass is 9.95. The van der Waals surface area contributed by atoms with Crippen molar-refractivity contribution in [2.45, 2.75) is 26.3 Å². The molecule has 0 fully saturated rings. The second-order valence-electron chi connectivity index (χ2n) is 5.66. The number of nitrogens with zero attached hydrogens (tertiary/aromatic N) is 1. The van der Waals surface area contributed by atoms with Crippen molar-refractivity contribution < 1.29 is 4.79 Å². The summed E-state index contributed by atoms with van der Waals surface area (Å²) in [6, 6.07) is 14.4. The Labute approximate surface area is 125 Å². The molecule has 21 heavy (non-hydrogen) atoms. The molecule has 108 valence electrons. The number of anilines is 2. The van der Waals surface area contributed by atoms with Crippen LogP contribution in [0.3, 0.4) is 0 Å². The summed E-state index contributed by atoms with van der Waals surface area (Å²) in [6.45, 7) is 4.22. The molecule has 2 aromatic carbocycles. The van der Waals surface area contributed by atoms with Gasteiger partial charge in [0.25, 0.3) is 0 Å². The highest BCUT2D eigenvalue weighted by Gasteiger charge is 2.28. The third-order valence-electron chi connectivity index (χ3n) is 4.36. The van der Waals surface area contributed by atoms with Crippen LogP contribution in [0.2, 0.25) is 0 Å². The van der Waals surface area contributed by atoms with Crippen LogP contribution in [-0.4, -0.2) is 13.0 Å². The largest absolute Gasteiger partial charge is 0.377 e. The zero-order valence-corrected chi connectivity index (χ0v) is 12.7. The van der Waals surface area contributed by atoms with E-state index in [1.165, 1.54) is 16.7 Å². The number of carbonyl (C=O) groups excluding carboxylic acids is 1. The van der Waals surface area contributed by atoms with Gasteiger partial charge in [-0.3, -0.25) is 4.79 Å². The quantitative estimate of drug-likeness (QED) is 0.907. The summed E-state index contributed by atoms with van der Waals surface area (Å²) in [5.41, 5.74) is 5.78. The van der Waals surface area contributed by atoms with Gasteiger partial charge >= 0.3 is 0 Å². The Kier molecular flexibility index (Phi) is 3.42. The lowest BCUT2D eigenvalue weighted by Crippen LogP contribution is -2.35. The number of amides is 1. The maximum atomic E-state index is 12.2. The molecule has 1 heterocycles. The van der Waals surface area contributed by atoms with Crippen molar-refractivity contribution in [3.63, 3.8) is 0 Å². The second-order valence-corrected chi connectivity index (χ2v) is 5.66. The average Bonchev–Trinajstić information content (AvgIpc) is 2.49. The molecule has 0 saturated heterocycles. The van der Waals surface area contributed by atoms with Gasteiger partial charge in [-0.15, -0.1) is 0 Å². The molecule has 1 amide bonds. The van der Waals surface area contributed by atoms with Crippen LogP contribution in [0.15, 0.2) is 42.5 Å². The highest BCUT2D eigenvalue weighted by atomic mass is 16.2. The fourth-order valence-electron chi connectivity index (χ4n) is 2.87. The molecule has 1 aliphatic rings. The van der Waals surface area contributed by atoms with E-state index in [2.05, 4.69) is 37.4 Å². The first-order chi connectivity index (χ1) is 10.1. The summed E-state index contributed by atoms with van der Waals surface area (Å²) in [5, 5.41) is 3.55. The van der Waals surface area contributed by atoms with E-state index < -0.39 is 0 Å². The standard InChI is InChI=1S/C18H20N2O/c1-12-7-6-9-15(13(12)2)19-16-11-18(21)20(3)17-10-5-4-8-14(16)17/h4-10,16,19H,11H2,1-3H3. The zero-order valence-electron chi connectivity index (χ0n) is 12.7. The van der Waals surface area contributed by atoms with Crippen LogP contribution in [0.25, 0.3) is 0 Å². The first kappa shape index (κ1) is 13.7. The van der Waals surface area contributed by atoms with Gasteiger partial charge in [-0.05, 0) is 42.7 Å². The van der Waals surface area contributed by atoms with E-state index in [1.807, 2.05) is 31.3 Å². The SMILES string of the molecule is Cc1cccc(NC2CC(=O)N(C)c3ccccc32)c1C. The number of para-hydroxylation sites is 1. The summed E-state index contributed by atoms with van der Waals surface area (Å²) >= 11 is 0. The Balaban J connectivity index is 1.98. The Hall–Kier alpha value is -2.29. The molecule has 0 radical (unpaired) electrons. The fraction of sp³-hybridized carbons (Fsp3) is 0.278. The minimum atomic E-state index is 0.0328. The second kappa shape index (κ2) is 5.24. The predicted octanol–water partition coefficient (Wildman–Crippen LogP) is 3.82. The van der Waals surface area contributed by atoms with Crippen LogP contribution in [-0.2, 0) is 4.79 Å². The van der Waals surface area contributed by atoms with E-state index in [1.54, 1.807) is 4.90 Å². The van der Waals surface area contributed by atoms with E-state index in [4.69, 9.17) is 0 Å². The topological polar surface area (TPSA) is 32.3 Å². The normalized spacial score (nSPS) is 17.6. The third kappa shape index (κ3) is 2.40. The lowest BCUT2D eigenvalue weighted by molar-refractivity contribution is -0.118. The summed E-state index contributed by atoms with van der Waals surface area (Å²) < 4.78 is 0. The van der Waals surface area contributed by atoms with E-state index >= 15 is 0 Å². The highest BCUT2D eigenvalue weighted by molar-refractivity contribution is 5.97. The molecular weight excluding hydrogens is 260 g/mol. The number of aryl methyl sites for hydroxylation is 1. The van der Waals surface area contributed by atoms with Crippen molar-refractivity contribution in [3.05, 3.63) is 59.2 Å². The van der Waals surface area contributed by atoms with Gasteiger partial charge in [0.2, 0.25) is 5.91 Å². The van der Waals surface area contributed by atoms with Gasteiger partial charge in [0, 0.05) is 18.4 Å². The maximum absolute atomic E-state index is 12.2. The van der Waals surface area contributed by atoms with Crippen molar-refractivity contribution in [2.24, 2.45) is 0 Å². The van der Waals surface area contributed by atoms with Gasteiger partial charge in [0.05, 0.1) is 12.5 Å². The number of rotatable bonds is 2. The fourth-order valence-corrected chi connectivity index (χ4v) is 2.87. The first-order valence-corrected chi connectivity index (χ1v) is 7.26. The van der Waals surface area contributed by atoms with E-state index in [9.17, 15) is 4.79 Å². The summed E-state index contributed by atoms with van der Waals surface area (Å²) in [4.78, 5) is 13.9. The molecule has 3 heteroatoms. The number of hydrogen-bond donors (Lipinski definition) is 1. The number of benzene rings is 2. The molecular formula is C18H20N2O. The first-order valence-electron chi connectivity index (χ1n) is 7.26. The number of fused-ring (bicyclic) bond motifs is 1. The Morgan fingerprint density at radius 1 is 1.10 bits per heavy atom. The van der Waals surface area contributed by atoms with Crippen LogP contribution in [0.1, 0.15) is 29.2 Å². The highest BCUT2D eigenvalue weighted by Crippen LogP contribution is 2.36. The van der Waals surface area contributed by atoms with E-state index in [-0.39, 0.29) is 11.9 Å². The zero-order chi connectivity index (χ0) is 15.0. The molecule has 0 saturated carbocycles. The molecule has 1 N–H and O–H groups in total. The Morgan fingerprint density at radius 2 is 1.86 bits per heavy atom. The van der Waals surface area contributed by atoms with Gasteiger partial charge in [0.1, 0.15) is 0 Å². The third-order valence-corrected chi connectivity index (χ3v) is 4.36. The van der Waals surface area contributed by atoms with Crippen LogP contribution in [0.5, 0.6) is 0 Å². The summed E-state index contributed by atoms with van der Waals surface area (Å²) in [5.74, 6) is 0.150. The molecule has 3 nitrogen and oxygen atoms in total. The van der Waals surface area contributed by atoms with Crippen molar-refractivity contribution in [3.8, 4) is 0 Å². The van der Waals surface area contributed by atoms with Crippen LogP contribution < -0.4 is 10.2 Å². The van der Waals surface area contributed by atoms with Crippen LogP contribution in [0.4, 0.5) is 11.4 Å². The van der Waals surface area contributed by atoms with E-state index in [0.29, 0.717) is 6.42 Å². The Bertz CT molecular complexity index is 693. The smallest absolute Gasteiger partial charge is 0.229 e. The van der Waals surface area contributed by atoms with Gasteiger partial charge < -0.3 is 10.2 Å². The molecule has 1 aliphatic heterocycles. The van der Waals surface area contributed by atoms with Crippen LogP contribution in [0, 0.1) is 13.8 Å². The molecule has 1 unspecified atom stereocenters. The number of carbonyl (C=O) groups is 1. The molecule has 0 spiro atoms. The Morgan fingerprint density at radius 3 is 2.67 bits per heavy atom. The maximum Gasteiger partial charge on any atom is 0.229 e. The van der Waals surface area contributed by atoms with Crippen molar-refractivity contribution in [2.75, 3.05) is 17.3 Å². The molecule has 3 rings (SSSR count). The molecule has 2 aromatic rings. The van der Waals surface area contributed by atoms with E-state index in [0.717, 1.165) is 11.4 Å². The van der Waals surface area contributed by atoms with Crippen molar-refractivity contribution in [1.29, 1.82) is 0 Å². The van der Waals surface area contributed by atoms with Gasteiger partial charge in [-0.25, -0.2) is 0 Å². The van der Waals surface area contributed by atoms with Gasteiger partial charge in [-0.1, -0.05) is 30.3 Å². The summed E-state index contributed by atoms with van der Waals surface area (Å²) in [6.07, 6.45) is 0.487. The molecule has 0 aromatic heterocycles. The van der Waals surface area contributed by atoms with Crippen LogP contribution >= 0.6 is 0 Å². The number of nitrogens with one attached hydrogen (secondary N) is 1. The van der Waals surface area contributed by atoms with Gasteiger partial charge in [-0.2, -0.15) is 0 Å². The average molecular weight is 280 g/mol. The monoisotopic (exact) mass is 280 g/mol.